The molecule has 2 rings (SSSR count). The van der Waals surface area contributed by atoms with E-state index in [0.717, 1.165) is 12.0 Å². The van der Waals surface area contributed by atoms with E-state index in [4.69, 9.17) is 27.8 Å². The van der Waals surface area contributed by atoms with Gasteiger partial charge in [-0.05, 0) is 12.1 Å². The maximum Gasteiger partial charge on any atom is 0.147 e. The van der Waals surface area contributed by atoms with Crippen molar-refractivity contribution in [1.82, 2.24) is 0 Å². The van der Waals surface area contributed by atoms with Crippen molar-refractivity contribution in [1.29, 1.82) is 0 Å². The first-order chi connectivity index (χ1) is 6.18. The zero-order valence-corrected chi connectivity index (χ0v) is 9.07. The van der Waals surface area contributed by atoms with Crippen LogP contribution in [-0.4, -0.2) is 6.61 Å². The Bertz CT molecular complexity index is 344. The normalized spacial score (nSPS) is 19.1. The van der Waals surface area contributed by atoms with Crippen molar-refractivity contribution < 1.29 is 4.74 Å². The molecule has 78 valence electrons. The van der Waals surface area contributed by atoms with E-state index < -0.39 is 0 Å². The smallest absolute Gasteiger partial charge is 0.147 e. The fourth-order valence-corrected chi connectivity index (χ4v) is 1.76. The molecule has 14 heavy (non-hydrogen) atoms. The van der Waals surface area contributed by atoms with Gasteiger partial charge in [0.2, 0.25) is 0 Å². The van der Waals surface area contributed by atoms with Gasteiger partial charge >= 0.3 is 0 Å². The van der Waals surface area contributed by atoms with Crippen LogP contribution >= 0.6 is 24.0 Å². The Kier molecular flexibility index (Phi) is 3.48. The van der Waals surface area contributed by atoms with Crippen molar-refractivity contribution >= 4 is 29.7 Å². The SMILES string of the molecule is Cl.Nc1cc(Cl)cc2c1OCC[C@@H]2N. The molecule has 1 aromatic rings. The van der Waals surface area contributed by atoms with Crippen LogP contribution in [0.5, 0.6) is 5.75 Å². The number of hydrogen-bond donors (Lipinski definition) is 2. The fourth-order valence-electron chi connectivity index (χ4n) is 1.52. The highest BCUT2D eigenvalue weighted by molar-refractivity contribution is 6.31. The number of halogens is 2. The van der Waals surface area contributed by atoms with Gasteiger partial charge in [0.15, 0.2) is 0 Å². The van der Waals surface area contributed by atoms with Crippen molar-refractivity contribution in [2.75, 3.05) is 12.3 Å². The van der Waals surface area contributed by atoms with Gasteiger partial charge in [0.25, 0.3) is 0 Å². The maximum atomic E-state index is 5.89. The fraction of sp³-hybridized carbons (Fsp3) is 0.333. The van der Waals surface area contributed by atoms with Crippen molar-refractivity contribution in [3.8, 4) is 5.75 Å². The average molecular weight is 235 g/mol. The van der Waals surface area contributed by atoms with E-state index in [-0.39, 0.29) is 18.4 Å². The lowest BCUT2D eigenvalue weighted by Crippen LogP contribution is -2.21. The molecule has 0 saturated carbocycles. The van der Waals surface area contributed by atoms with Crippen molar-refractivity contribution in [2.45, 2.75) is 12.5 Å². The Morgan fingerprint density at radius 1 is 1.43 bits per heavy atom. The van der Waals surface area contributed by atoms with Gasteiger partial charge in [-0.3, -0.25) is 0 Å². The van der Waals surface area contributed by atoms with E-state index in [9.17, 15) is 0 Å². The van der Waals surface area contributed by atoms with Crippen LogP contribution in [0.2, 0.25) is 5.02 Å². The summed E-state index contributed by atoms with van der Waals surface area (Å²) in [6.07, 6.45) is 0.812. The molecule has 1 heterocycles. The lowest BCUT2D eigenvalue weighted by molar-refractivity contribution is 0.270. The van der Waals surface area contributed by atoms with E-state index in [1.54, 1.807) is 6.07 Å². The molecule has 0 radical (unpaired) electrons. The molecule has 3 nitrogen and oxygen atoms in total. The van der Waals surface area contributed by atoms with Gasteiger partial charge in [-0.15, -0.1) is 12.4 Å². The molecule has 0 saturated heterocycles. The second-order valence-corrected chi connectivity index (χ2v) is 3.59. The molecule has 0 unspecified atom stereocenters. The Morgan fingerprint density at radius 2 is 2.14 bits per heavy atom. The van der Waals surface area contributed by atoms with Crippen molar-refractivity contribution in [2.24, 2.45) is 5.73 Å². The molecule has 0 fully saturated rings. The zero-order chi connectivity index (χ0) is 9.42. The second-order valence-electron chi connectivity index (χ2n) is 3.16. The van der Waals surface area contributed by atoms with Crippen LogP contribution in [0.4, 0.5) is 5.69 Å². The number of nitrogen functional groups attached to an aromatic ring is 1. The molecular weight excluding hydrogens is 223 g/mol. The van der Waals surface area contributed by atoms with Gasteiger partial charge in [-0.25, -0.2) is 0 Å². The van der Waals surface area contributed by atoms with Gasteiger partial charge in [0, 0.05) is 23.0 Å². The number of rotatable bonds is 0. The molecule has 1 aliphatic rings. The van der Waals surface area contributed by atoms with Gasteiger partial charge in [-0.2, -0.15) is 0 Å². The third-order valence-electron chi connectivity index (χ3n) is 2.19. The highest BCUT2D eigenvalue weighted by Gasteiger charge is 2.20. The third-order valence-corrected chi connectivity index (χ3v) is 2.40. The predicted octanol–water partition coefficient (Wildman–Crippen LogP) is 2.13. The number of anilines is 1. The quantitative estimate of drug-likeness (QED) is 0.677. The highest BCUT2D eigenvalue weighted by atomic mass is 35.5. The molecule has 0 aliphatic carbocycles. The lowest BCUT2D eigenvalue weighted by Gasteiger charge is -2.24. The molecule has 0 aromatic heterocycles. The molecule has 0 amide bonds. The summed E-state index contributed by atoms with van der Waals surface area (Å²) in [6.45, 7) is 0.625. The Hall–Kier alpha value is -0.640. The Morgan fingerprint density at radius 3 is 2.86 bits per heavy atom. The summed E-state index contributed by atoms with van der Waals surface area (Å²) >= 11 is 5.86. The summed E-state index contributed by atoms with van der Waals surface area (Å²) in [5.41, 5.74) is 13.1. The van der Waals surface area contributed by atoms with E-state index in [2.05, 4.69) is 0 Å². The van der Waals surface area contributed by atoms with Crippen LogP contribution in [0, 0.1) is 0 Å². The van der Waals surface area contributed by atoms with Gasteiger partial charge in [0.1, 0.15) is 5.75 Å². The van der Waals surface area contributed by atoms with E-state index in [1.807, 2.05) is 6.07 Å². The van der Waals surface area contributed by atoms with Crippen LogP contribution in [0.25, 0.3) is 0 Å². The summed E-state index contributed by atoms with van der Waals surface area (Å²) < 4.78 is 5.42. The molecule has 1 aliphatic heterocycles. The van der Waals surface area contributed by atoms with E-state index >= 15 is 0 Å². The molecule has 0 spiro atoms. The standard InChI is InChI=1S/C9H11ClN2O.ClH/c10-5-3-6-7(11)1-2-13-9(6)8(12)4-5;/h3-4,7H,1-2,11-12H2;1H/t7-;/m0./s1. The lowest BCUT2D eigenvalue weighted by atomic mass is 10.0. The first-order valence-electron chi connectivity index (χ1n) is 4.16. The van der Waals surface area contributed by atoms with Crippen LogP contribution < -0.4 is 16.2 Å². The molecule has 0 bridgehead atoms. The monoisotopic (exact) mass is 234 g/mol. The summed E-state index contributed by atoms with van der Waals surface area (Å²) in [5, 5.41) is 0.609. The van der Waals surface area contributed by atoms with Gasteiger partial charge in [0.05, 0.1) is 12.3 Å². The molecule has 5 heteroatoms. The van der Waals surface area contributed by atoms with Crippen LogP contribution in [0.1, 0.15) is 18.0 Å². The number of fused-ring (bicyclic) bond motifs is 1. The molecular formula is C9H12Cl2N2O. The van der Waals surface area contributed by atoms with Crippen molar-refractivity contribution in [3.63, 3.8) is 0 Å². The van der Waals surface area contributed by atoms with Crippen LogP contribution in [0.3, 0.4) is 0 Å². The topological polar surface area (TPSA) is 61.3 Å². The predicted molar refractivity (Wildman–Crippen MR) is 60.2 cm³/mol. The maximum absolute atomic E-state index is 5.89. The molecule has 1 aromatic carbocycles. The minimum absolute atomic E-state index is 0. The van der Waals surface area contributed by atoms with Gasteiger partial charge in [-0.1, -0.05) is 11.6 Å². The number of hydrogen-bond acceptors (Lipinski definition) is 3. The van der Waals surface area contributed by atoms with Gasteiger partial charge < -0.3 is 16.2 Å². The van der Waals surface area contributed by atoms with Crippen LogP contribution in [0.15, 0.2) is 12.1 Å². The Labute approximate surface area is 93.8 Å². The van der Waals surface area contributed by atoms with E-state index in [1.165, 1.54) is 0 Å². The summed E-state index contributed by atoms with van der Waals surface area (Å²) in [7, 11) is 0. The van der Waals surface area contributed by atoms with E-state index in [0.29, 0.717) is 23.1 Å². The summed E-state index contributed by atoms with van der Waals surface area (Å²) in [6, 6.07) is 3.49. The largest absolute Gasteiger partial charge is 0.491 e. The number of ether oxygens (including phenoxy) is 1. The average Bonchev–Trinajstić information content (AvgIpc) is 2.07. The number of nitrogens with two attached hydrogens (primary N) is 2. The minimum atomic E-state index is -0.00949. The second kappa shape index (κ2) is 4.26. The first kappa shape index (κ1) is 11.4. The minimum Gasteiger partial charge on any atom is -0.491 e. The Balaban J connectivity index is 0.000000980. The third kappa shape index (κ3) is 1.90. The molecule has 4 N–H and O–H groups in total. The highest BCUT2D eigenvalue weighted by Crippen LogP contribution is 2.37. The zero-order valence-electron chi connectivity index (χ0n) is 7.50. The summed E-state index contributed by atoms with van der Waals surface area (Å²) in [4.78, 5) is 0. The first-order valence-corrected chi connectivity index (χ1v) is 4.53. The molecule has 1 atom stereocenters. The van der Waals surface area contributed by atoms with Crippen LogP contribution in [-0.2, 0) is 0 Å². The summed E-state index contributed by atoms with van der Waals surface area (Å²) in [5.74, 6) is 0.697. The van der Waals surface area contributed by atoms with Crippen molar-refractivity contribution in [3.05, 3.63) is 22.7 Å². The number of benzene rings is 1.